The molecule has 3 heteroatoms. The van der Waals surface area contributed by atoms with Crippen molar-refractivity contribution in [3.8, 4) is 39.1 Å². The van der Waals surface area contributed by atoms with Crippen LogP contribution in [0, 0.1) is 0 Å². The Kier molecular flexibility index (Phi) is 7.58. The first-order chi connectivity index (χ1) is 29.5. The Morgan fingerprint density at radius 2 is 1.02 bits per heavy atom. The van der Waals surface area contributed by atoms with Crippen LogP contribution in [-0.4, -0.2) is 4.57 Å². The number of benzene rings is 9. The third-order valence-corrected chi connectivity index (χ3v) is 12.8. The second kappa shape index (κ2) is 13.2. The van der Waals surface area contributed by atoms with Crippen LogP contribution in [-0.2, 0) is 5.41 Å². The summed E-state index contributed by atoms with van der Waals surface area (Å²) >= 11 is 0. The molecule has 0 spiro atoms. The maximum atomic E-state index is 6.32. The van der Waals surface area contributed by atoms with Gasteiger partial charge in [-0.2, -0.15) is 0 Å². The molecule has 0 aliphatic heterocycles. The van der Waals surface area contributed by atoms with Crippen molar-refractivity contribution in [2.45, 2.75) is 19.3 Å². The lowest BCUT2D eigenvalue weighted by Crippen LogP contribution is -2.15. The van der Waals surface area contributed by atoms with Crippen molar-refractivity contribution in [1.82, 2.24) is 4.57 Å². The van der Waals surface area contributed by atoms with Crippen molar-refractivity contribution in [1.29, 1.82) is 0 Å². The van der Waals surface area contributed by atoms with Gasteiger partial charge in [0.25, 0.3) is 0 Å². The van der Waals surface area contributed by atoms with Gasteiger partial charge in [0, 0.05) is 55.8 Å². The first kappa shape index (κ1) is 34.4. The van der Waals surface area contributed by atoms with Crippen LogP contribution in [0.4, 0.5) is 17.1 Å². The van der Waals surface area contributed by atoms with E-state index in [1.54, 1.807) is 0 Å². The molecule has 0 saturated carbocycles. The highest BCUT2D eigenvalue weighted by atomic mass is 16.3. The predicted octanol–water partition coefficient (Wildman–Crippen LogP) is 15.8. The van der Waals surface area contributed by atoms with Gasteiger partial charge in [-0.15, -0.1) is 0 Å². The molecule has 284 valence electrons. The number of para-hydroxylation sites is 3. The van der Waals surface area contributed by atoms with Gasteiger partial charge in [-0.3, -0.25) is 0 Å². The summed E-state index contributed by atoms with van der Waals surface area (Å²) in [5.74, 6) is 0. The fourth-order valence-electron chi connectivity index (χ4n) is 9.86. The molecule has 1 aliphatic carbocycles. The molecule has 0 N–H and O–H groups in total. The van der Waals surface area contributed by atoms with E-state index in [4.69, 9.17) is 4.42 Å². The molecular formula is C57H40N2O. The number of hydrogen-bond donors (Lipinski definition) is 0. The van der Waals surface area contributed by atoms with E-state index in [0.717, 1.165) is 44.7 Å². The van der Waals surface area contributed by atoms with Gasteiger partial charge in [0.05, 0.1) is 11.0 Å². The highest BCUT2D eigenvalue weighted by Gasteiger charge is 2.35. The molecule has 9 aromatic carbocycles. The number of furan rings is 1. The van der Waals surface area contributed by atoms with Crippen molar-refractivity contribution in [3.63, 3.8) is 0 Å². The topological polar surface area (TPSA) is 21.3 Å². The Hall–Kier alpha value is -7.62. The average molecular weight is 769 g/mol. The standard InChI is InChI=1S/C57H40N2O/c1-57(2)51-23-9-6-20-45(51)49-35-43(28-30-52(49)57)58(41-17-4-3-5-18-41)42-19-13-16-39(33-42)37-14-12-15-38(32-37)40-26-31-54-50(34-40)46-21-7-10-24-53(46)59(54)44-27-29-48-47-22-8-11-25-55(47)60-56(48)36-44/h3-36H,1-2H3. The Morgan fingerprint density at radius 1 is 0.383 bits per heavy atom. The van der Waals surface area contributed by atoms with E-state index in [1.807, 2.05) is 12.1 Å². The Balaban J connectivity index is 0.935. The molecule has 2 heterocycles. The molecule has 0 radical (unpaired) electrons. The molecule has 12 rings (SSSR count). The van der Waals surface area contributed by atoms with E-state index >= 15 is 0 Å². The lowest BCUT2D eigenvalue weighted by atomic mass is 9.82. The van der Waals surface area contributed by atoms with Crippen molar-refractivity contribution in [2.75, 3.05) is 4.90 Å². The lowest BCUT2D eigenvalue weighted by Gasteiger charge is -2.27. The largest absolute Gasteiger partial charge is 0.456 e. The molecular weight excluding hydrogens is 729 g/mol. The molecule has 1 aliphatic rings. The number of aromatic nitrogens is 1. The average Bonchev–Trinajstić information content (AvgIpc) is 3.91. The van der Waals surface area contributed by atoms with Gasteiger partial charge in [-0.25, -0.2) is 0 Å². The first-order valence-electron chi connectivity index (χ1n) is 20.7. The quantitative estimate of drug-likeness (QED) is 0.168. The third-order valence-electron chi connectivity index (χ3n) is 12.8. The normalized spacial score (nSPS) is 13.0. The summed E-state index contributed by atoms with van der Waals surface area (Å²) in [6.07, 6.45) is 0. The van der Waals surface area contributed by atoms with Gasteiger partial charge >= 0.3 is 0 Å². The molecule has 2 aromatic heterocycles. The number of nitrogens with zero attached hydrogens (tertiary/aromatic N) is 2. The van der Waals surface area contributed by atoms with Crippen LogP contribution in [0.5, 0.6) is 0 Å². The van der Waals surface area contributed by atoms with E-state index in [-0.39, 0.29) is 5.41 Å². The molecule has 0 fully saturated rings. The van der Waals surface area contributed by atoms with Crippen molar-refractivity contribution >= 4 is 60.8 Å². The number of fused-ring (bicyclic) bond motifs is 9. The minimum absolute atomic E-state index is 0.0420. The van der Waals surface area contributed by atoms with E-state index < -0.39 is 0 Å². The van der Waals surface area contributed by atoms with Crippen LogP contribution < -0.4 is 4.90 Å². The van der Waals surface area contributed by atoms with Crippen molar-refractivity contribution in [2.24, 2.45) is 0 Å². The summed E-state index contributed by atoms with van der Waals surface area (Å²) in [5.41, 5.74) is 18.7. The molecule has 0 bridgehead atoms. The monoisotopic (exact) mass is 768 g/mol. The summed E-state index contributed by atoms with van der Waals surface area (Å²) in [6, 6.07) is 74.9. The van der Waals surface area contributed by atoms with Crippen molar-refractivity contribution < 1.29 is 4.42 Å². The minimum atomic E-state index is -0.0420. The fourth-order valence-corrected chi connectivity index (χ4v) is 9.86. The maximum absolute atomic E-state index is 6.32. The summed E-state index contributed by atoms with van der Waals surface area (Å²) < 4.78 is 8.69. The zero-order valence-electron chi connectivity index (χ0n) is 33.4. The lowest BCUT2D eigenvalue weighted by molar-refractivity contribution is 0.660. The zero-order valence-corrected chi connectivity index (χ0v) is 33.4. The Morgan fingerprint density at radius 3 is 1.88 bits per heavy atom. The zero-order chi connectivity index (χ0) is 40.0. The van der Waals surface area contributed by atoms with Gasteiger partial charge in [0.1, 0.15) is 11.2 Å². The van der Waals surface area contributed by atoms with Gasteiger partial charge in [-0.05, 0) is 123 Å². The second-order valence-electron chi connectivity index (χ2n) is 16.6. The Labute approximate surface area is 349 Å². The van der Waals surface area contributed by atoms with Crippen LogP contribution >= 0.6 is 0 Å². The second-order valence-corrected chi connectivity index (χ2v) is 16.6. The van der Waals surface area contributed by atoms with E-state index in [2.05, 4.69) is 217 Å². The van der Waals surface area contributed by atoms with Crippen LogP contribution in [0.25, 0.3) is 82.8 Å². The molecule has 60 heavy (non-hydrogen) atoms. The van der Waals surface area contributed by atoms with E-state index in [9.17, 15) is 0 Å². The fraction of sp³-hybridized carbons (Fsp3) is 0.0526. The Bertz CT molecular complexity index is 3480. The highest BCUT2D eigenvalue weighted by Crippen LogP contribution is 2.51. The van der Waals surface area contributed by atoms with Crippen LogP contribution in [0.3, 0.4) is 0 Å². The first-order valence-corrected chi connectivity index (χ1v) is 20.7. The molecule has 0 unspecified atom stereocenters. The van der Waals surface area contributed by atoms with E-state index in [1.165, 1.54) is 66.3 Å². The van der Waals surface area contributed by atoms with E-state index in [0.29, 0.717) is 0 Å². The summed E-state index contributed by atoms with van der Waals surface area (Å²) in [7, 11) is 0. The van der Waals surface area contributed by atoms with Gasteiger partial charge in [0.2, 0.25) is 0 Å². The minimum Gasteiger partial charge on any atom is -0.456 e. The van der Waals surface area contributed by atoms with Crippen molar-refractivity contribution in [3.05, 3.63) is 217 Å². The number of anilines is 3. The molecule has 11 aromatic rings. The summed E-state index contributed by atoms with van der Waals surface area (Å²) in [4.78, 5) is 2.39. The predicted molar refractivity (Wildman–Crippen MR) is 251 cm³/mol. The number of hydrogen-bond acceptors (Lipinski definition) is 2. The molecule has 0 saturated heterocycles. The summed E-state index contributed by atoms with van der Waals surface area (Å²) in [5, 5.41) is 4.72. The van der Waals surface area contributed by atoms with Gasteiger partial charge < -0.3 is 13.9 Å². The molecule has 3 nitrogen and oxygen atoms in total. The molecule has 0 amide bonds. The van der Waals surface area contributed by atoms with Crippen LogP contribution in [0.15, 0.2) is 211 Å². The maximum Gasteiger partial charge on any atom is 0.137 e. The highest BCUT2D eigenvalue weighted by molar-refractivity contribution is 6.11. The van der Waals surface area contributed by atoms with Crippen LogP contribution in [0.1, 0.15) is 25.0 Å². The van der Waals surface area contributed by atoms with Gasteiger partial charge in [0.15, 0.2) is 0 Å². The SMILES string of the molecule is CC1(C)c2ccccc2-c2cc(N(c3ccccc3)c3cccc(-c4cccc(-c5ccc6c(c5)c5ccccc5n6-c5ccc6c(c5)oc5ccccc56)c4)c3)ccc21. The smallest absolute Gasteiger partial charge is 0.137 e. The third kappa shape index (κ3) is 5.29. The van der Waals surface area contributed by atoms with Crippen LogP contribution in [0.2, 0.25) is 0 Å². The van der Waals surface area contributed by atoms with Gasteiger partial charge in [-0.1, -0.05) is 135 Å². The summed E-state index contributed by atoms with van der Waals surface area (Å²) in [6.45, 7) is 4.68. The molecule has 0 atom stereocenters. The number of rotatable bonds is 6.